The van der Waals surface area contributed by atoms with E-state index in [1.54, 1.807) is 6.07 Å². The first-order valence-corrected chi connectivity index (χ1v) is 8.25. The summed E-state index contributed by atoms with van der Waals surface area (Å²) >= 11 is 11.8. The van der Waals surface area contributed by atoms with Crippen LogP contribution in [-0.4, -0.2) is 18.5 Å². The zero-order chi connectivity index (χ0) is 19.6. The largest absolute Gasteiger partial charge is 0.480 e. The van der Waals surface area contributed by atoms with Crippen molar-refractivity contribution < 1.29 is 23.5 Å². The van der Waals surface area contributed by atoms with Gasteiger partial charge < -0.3 is 19.6 Å². The van der Waals surface area contributed by atoms with Crippen LogP contribution in [-0.2, 0) is 4.79 Å². The van der Waals surface area contributed by atoms with Gasteiger partial charge in [-0.1, -0.05) is 23.2 Å². The Balaban J connectivity index is 1.73. The van der Waals surface area contributed by atoms with Gasteiger partial charge in [0.05, 0.1) is 5.02 Å². The van der Waals surface area contributed by atoms with Crippen LogP contribution in [0.1, 0.15) is 10.4 Å². The molecule has 0 bridgehead atoms. The van der Waals surface area contributed by atoms with Crippen molar-refractivity contribution in [1.82, 2.24) is 0 Å². The van der Waals surface area contributed by atoms with Crippen LogP contribution in [0.4, 0.5) is 0 Å². The number of carbonyl (C=O) groups excluding carboxylic acids is 2. The molecule has 2 N–H and O–H groups in total. The maximum absolute atomic E-state index is 12.0. The van der Waals surface area contributed by atoms with Crippen molar-refractivity contribution in [3.8, 4) is 11.5 Å². The van der Waals surface area contributed by atoms with E-state index in [0.29, 0.717) is 15.4 Å². The van der Waals surface area contributed by atoms with Gasteiger partial charge >= 0.3 is 11.6 Å². The number of fused-ring (bicyclic) bond motifs is 1. The molecule has 138 valence electrons. The molecule has 9 heteroatoms. The molecule has 0 atom stereocenters. The molecule has 0 saturated carbocycles. The molecule has 3 rings (SSSR count). The average Bonchev–Trinajstić information content (AvgIpc) is 2.61. The first kappa shape index (κ1) is 18.8. The lowest BCUT2D eigenvalue weighted by molar-refractivity contribution is -0.136. The van der Waals surface area contributed by atoms with Crippen molar-refractivity contribution in [1.29, 1.82) is 0 Å². The van der Waals surface area contributed by atoms with Crippen LogP contribution in [0.25, 0.3) is 11.0 Å². The molecule has 0 saturated heterocycles. The van der Waals surface area contributed by atoms with Gasteiger partial charge in [-0.25, -0.2) is 9.59 Å². The molecule has 0 unspecified atom stereocenters. The van der Waals surface area contributed by atoms with Crippen LogP contribution >= 0.6 is 23.2 Å². The molecule has 0 aliphatic rings. The number of esters is 1. The van der Waals surface area contributed by atoms with Crippen LogP contribution in [0, 0.1) is 0 Å². The quantitative estimate of drug-likeness (QED) is 0.395. The fourth-order valence-electron chi connectivity index (χ4n) is 2.21. The molecular weight excluding hydrogens is 397 g/mol. The Hall–Kier alpha value is -3.03. The second-order valence-corrected chi connectivity index (χ2v) is 6.19. The highest BCUT2D eigenvalue weighted by Gasteiger charge is 2.13. The molecule has 7 nitrogen and oxygen atoms in total. The highest BCUT2D eigenvalue weighted by atomic mass is 35.5. The Morgan fingerprint density at radius 3 is 2.59 bits per heavy atom. The van der Waals surface area contributed by atoms with E-state index in [0.717, 1.165) is 0 Å². The molecule has 0 fully saturated rings. The van der Waals surface area contributed by atoms with Crippen molar-refractivity contribution in [2.24, 2.45) is 5.73 Å². The number of rotatable bonds is 5. The molecule has 0 radical (unpaired) electrons. The Morgan fingerprint density at radius 2 is 1.85 bits per heavy atom. The molecule has 3 aromatic rings. The monoisotopic (exact) mass is 407 g/mol. The van der Waals surface area contributed by atoms with E-state index in [1.807, 2.05) is 0 Å². The molecule has 1 amide bonds. The molecule has 0 aliphatic carbocycles. The van der Waals surface area contributed by atoms with E-state index in [1.165, 1.54) is 36.4 Å². The van der Waals surface area contributed by atoms with Gasteiger partial charge in [-0.2, -0.15) is 0 Å². The van der Waals surface area contributed by atoms with Gasteiger partial charge in [-0.05, 0) is 30.3 Å². The number of hydrogen-bond donors (Lipinski definition) is 1. The third-order valence-corrected chi connectivity index (χ3v) is 3.99. The van der Waals surface area contributed by atoms with Crippen LogP contribution in [0.15, 0.2) is 51.7 Å². The minimum Gasteiger partial charge on any atom is -0.480 e. The van der Waals surface area contributed by atoms with Crippen molar-refractivity contribution in [3.63, 3.8) is 0 Å². The summed E-state index contributed by atoms with van der Waals surface area (Å²) in [5.74, 6) is -1.23. The van der Waals surface area contributed by atoms with E-state index in [9.17, 15) is 14.4 Å². The van der Waals surface area contributed by atoms with Crippen LogP contribution in [0.5, 0.6) is 11.5 Å². The Labute approximate surface area is 162 Å². The molecule has 0 spiro atoms. The normalized spacial score (nSPS) is 10.6. The van der Waals surface area contributed by atoms with Crippen LogP contribution < -0.4 is 20.8 Å². The summed E-state index contributed by atoms with van der Waals surface area (Å²) in [5, 5.41) is 1.15. The minimum absolute atomic E-state index is 0.128. The number of ether oxygens (including phenoxy) is 2. The standard InChI is InChI=1S/C18H11Cl2NO6/c19-10-2-4-13(20)15(6-10)25-8-16(22)26-11-3-1-9-5-12(17(21)23)18(24)27-14(9)7-11/h1-7H,8H2,(H2,21,23). The Morgan fingerprint density at radius 1 is 1.07 bits per heavy atom. The average molecular weight is 408 g/mol. The van der Waals surface area contributed by atoms with Crippen molar-refractivity contribution in [2.45, 2.75) is 0 Å². The van der Waals surface area contributed by atoms with Crippen LogP contribution in [0.2, 0.25) is 10.0 Å². The first-order valence-electron chi connectivity index (χ1n) is 7.50. The Kier molecular flexibility index (Phi) is 5.34. The molecule has 27 heavy (non-hydrogen) atoms. The van der Waals surface area contributed by atoms with Gasteiger partial charge in [0.25, 0.3) is 5.91 Å². The predicted molar refractivity (Wildman–Crippen MR) is 98.6 cm³/mol. The van der Waals surface area contributed by atoms with Gasteiger partial charge in [0.15, 0.2) is 6.61 Å². The van der Waals surface area contributed by atoms with Gasteiger partial charge in [0.1, 0.15) is 22.6 Å². The zero-order valence-corrected chi connectivity index (χ0v) is 15.0. The molecule has 1 heterocycles. The summed E-state index contributed by atoms with van der Waals surface area (Å²) in [4.78, 5) is 34.8. The molecule has 0 aliphatic heterocycles. The molecular formula is C18H11Cl2NO6. The van der Waals surface area contributed by atoms with Crippen LogP contribution in [0.3, 0.4) is 0 Å². The molecule has 1 aromatic heterocycles. The lowest BCUT2D eigenvalue weighted by Crippen LogP contribution is -2.20. The Bertz CT molecular complexity index is 1110. The fraction of sp³-hybridized carbons (Fsp3) is 0.0556. The van der Waals surface area contributed by atoms with E-state index in [4.69, 9.17) is 42.8 Å². The number of carbonyl (C=O) groups is 2. The number of halogens is 2. The third kappa shape index (κ3) is 4.39. The van der Waals surface area contributed by atoms with Crippen molar-refractivity contribution >= 4 is 46.0 Å². The summed E-state index contributed by atoms with van der Waals surface area (Å²) in [6.45, 7) is -0.414. The summed E-state index contributed by atoms with van der Waals surface area (Å²) in [6, 6.07) is 10.2. The summed E-state index contributed by atoms with van der Waals surface area (Å²) in [7, 11) is 0. The number of amides is 1. The van der Waals surface area contributed by atoms with E-state index >= 15 is 0 Å². The topological polar surface area (TPSA) is 109 Å². The number of nitrogens with two attached hydrogens (primary N) is 1. The summed E-state index contributed by atoms with van der Waals surface area (Å²) < 4.78 is 15.4. The predicted octanol–water partition coefficient (Wildman–Crippen LogP) is 3.18. The minimum atomic E-state index is -0.891. The maximum Gasteiger partial charge on any atom is 0.349 e. The lowest BCUT2D eigenvalue weighted by atomic mass is 10.2. The number of hydrogen-bond acceptors (Lipinski definition) is 6. The van der Waals surface area contributed by atoms with Gasteiger partial charge in [-0.3, -0.25) is 4.79 Å². The first-order chi connectivity index (χ1) is 12.8. The van der Waals surface area contributed by atoms with Gasteiger partial charge in [-0.15, -0.1) is 0 Å². The van der Waals surface area contributed by atoms with E-state index < -0.39 is 24.1 Å². The highest BCUT2D eigenvalue weighted by molar-refractivity contribution is 6.34. The zero-order valence-electron chi connectivity index (χ0n) is 13.5. The number of primary amides is 1. The summed E-state index contributed by atoms with van der Waals surface area (Å²) in [6.07, 6.45) is 0. The lowest BCUT2D eigenvalue weighted by Gasteiger charge is -2.09. The summed E-state index contributed by atoms with van der Waals surface area (Å²) in [5.41, 5.74) is 4.09. The molecule has 2 aromatic carbocycles. The highest BCUT2D eigenvalue weighted by Crippen LogP contribution is 2.27. The maximum atomic E-state index is 12.0. The van der Waals surface area contributed by atoms with E-state index in [2.05, 4.69) is 0 Å². The number of benzene rings is 2. The SMILES string of the molecule is NC(=O)c1cc2ccc(OC(=O)COc3cc(Cl)ccc3Cl)cc2oc1=O. The second-order valence-electron chi connectivity index (χ2n) is 5.35. The third-order valence-electron chi connectivity index (χ3n) is 3.44. The van der Waals surface area contributed by atoms with Gasteiger partial charge in [0.2, 0.25) is 0 Å². The van der Waals surface area contributed by atoms with E-state index in [-0.39, 0.29) is 22.6 Å². The fourth-order valence-corrected chi connectivity index (χ4v) is 2.55. The van der Waals surface area contributed by atoms with Crippen molar-refractivity contribution in [3.05, 3.63) is 68.5 Å². The van der Waals surface area contributed by atoms with Crippen molar-refractivity contribution in [2.75, 3.05) is 6.61 Å². The second kappa shape index (κ2) is 7.69. The smallest absolute Gasteiger partial charge is 0.349 e. The van der Waals surface area contributed by atoms with Gasteiger partial charge in [0, 0.05) is 22.5 Å².